The summed E-state index contributed by atoms with van der Waals surface area (Å²) in [6, 6.07) is 12.6. The van der Waals surface area contributed by atoms with Crippen molar-refractivity contribution in [2.24, 2.45) is 0 Å². The number of benzene rings is 2. The van der Waals surface area contributed by atoms with Crippen molar-refractivity contribution in [3.63, 3.8) is 0 Å². The number of thioether (sulfide) groups is 1. The molecule has 0 saturated heterocycles. The molecular weight excluding hydrogens is 398 g/mol. The van der Waals surface area contributed by atoms with E-state index in [9.17, 15) is 14.4 Å². The molecule has 0 aliphatic heterocycles. The molecule has 2 aromatic carbocycles. The zero-order valence-corrected chi connectivity index (χ0v) is 18.6. The number of rotatable bonds is 11. The van der Waals surface area contributed by atoms with E-state index in [2.05, 4.69) is 12.2 Å². The Labute approximate surface area is 182 Å². The number of ketones is 1. The molecule has 2 rings (SSSR count). The lowest BCUT2D eigenvalue weighted by molar-refractivity contribution is -0.139. The SMILES string of the molecule is CCCCCC(=O)Nc1ccc(C(=O)COC(=O)CSc2ccc(C)c(C)c2)cc1. The largest absolute Gasteiger partial charge is 0.457 e. The van der Waals surface area contributed by atoms with Gasteiger partial charge in [-0.1, -0.05) is 25.8 Å². The molecule has 1 N–H and O–H groups in total. The highest BCUT2D eigenvalue weighted by molar-refractivity contribution is 8.00. The van der Waals surface area contributed by atoms with Gasteiger partial charge in [-0.25, -0.2) is 0 Å². The van der Waals surface area contributed by atoms with Crippen LogP contribution in [0, 0.1) is 13.8 Å². The first kappa shape index (κ1) is 23.7. The average Bonchev–Trinajstić information content (AvgIpc) is 2.73. The molecular formula is C24H29NO4S. The fourth-order valence-electron chi connectivity index (χ4n) is 2.72. The highest BCUT2D eigenvalue weighted by atomic mass is 32.2. The molecule has 0 aromatic heterocycles. The van der Waals surface area contributed by atoms with Crippen molar-refractivity contribution in [3.05, 3.63) is 59.2 Å². The van der Waals surface area contributed by atoms with E-state index in [0.717, 1.165) is 24.2 Å². The molecule has 0 bridgehead atoms. The van der Waals surface area contributed by atoms with Crippen molar-refractivity contribution in [2.45, 2.75) is 51.3 Å². The average molecular weight is 428 g/mol. The van der Waals surface area contributed by atoms with Crippen LogP contribution in [0.3, 0.4) is 0 Å². The second-order valence-electron chi connectivity index (χ2n) is 7.20. The summed E-state index contributed by atoms with van der Waals surface area (Å²) < 4.78 is 5.10. The number of anilines is 1. The second-order valence-corrected chi connectivity index (χ2v) is 8.25. The lowest BCUT2D eigenvalue weighted by Gasteiger charge is -2.08. The van der Waals surface area contributed by atoms with Gasteiger partial charge < -0.3 is 10.1 Å². The molecule has 160 valence electrons. The number of aryl methyl sites for hydroxylation is 2. The minimum absolute atomic E-state index is 0.0299. The van der Waals surface area contributed by atoms with Crippen LogP contribution in [-0.4, -0.2) is 30.0 Å². The third kappa shape index (κ3) is 8.03. The number of hydrogen-bond donors (Lipinski definition) is 1. The molecule has 0 aliphatic rings. The van der Waals surface area contributed by atoms with Gasteiger partial charge in [0.2, 0.25) is 5.91 Å². The van der Waals surface area contributed by atoms with Crippen molar-refractivity contribution in [2.75, 3.05) is 17.7 Å². The van der Waals surface area contributed by atoms with Crippen molar-refractivity contribution in [3.8, 4) is 0 Å². The third-order valence-electron chi connectivity index (χ3n) is 4.70. The van der Waals surface area contributed by atoms with E-state index in [0.29, 0.717) is 17.7 Å². The van der Waals surface area contributed by atoms with Gasteiger partial charge in [-0.3, -0.25) is 14.4 Å². The third-order valence-corrected chi connectivity index (χ3v) is 5.66. The Balaban J connectivity index is 1.75. The van der Waals surface area contributed by atoms with Crippen molar-refractivity contribution < 1.29 is 19.1 Å². The van der Waals surface area contributed by atoms with Crippen LogP contribution in [-0.2, 0) is 14.3 Å². The Morgan fingerprint density at radius 3 is 2.37 bits per heavy atom. The summed E-state index contributed by atoms with van der Waals surface area (Å²) in [6.07, 6.45) is 3.46. The van der Waals surface area contributed by atoms with Gasteiger partial charge in [-0.05, 0) is 67.8 Å². The van der Waals surface area contributed by atoms with Crippen LogP contribution >= 0.6 is 11.8 Å². The topological polar surface area (TPSA) is 72.5 Å². The molecule has 0 unspecified atom stereocenters. The minimum atomic E-state index is -0.428. The molecule has 0 fully saturated rings. The summed E-state index contributed by atoms with van der Waals surface area (Å²) in [5.74, 6) is -0.584. The number of carbonyl (C=O) groups is 3. The van der Waals surface area contributed by atoms with Crippen LogP contribution in [0.2, 0.25) is 0 Å². The number of carbonyl (C=O) groups excluding carboxylic acids is 3. The van der Waals surface area contributed by atoms with Crippen LogP contribution in [0.1, 0.15) is 54.1 Å². The van der Waals surface area contributed by atoms with Gasteiger partial charge in [-0.15, -0.1) is 11.8 Å². The fourth-order valence-corrected chi connectivity index (χ4v) is 3.51. The summed E-state index contributed by atoms with van der Waals surface area (Å²) in [4.78, 5) is 37.0. The normalized spacial score (nSPS) is 10.5. The molecule has 0 heterocycles. The first-order valence-electron chi connectivity index (χ1n) is 10.2. The van der Waals surface area contributed by atoms with Crippen LogP contribution in [0.15, 0.2) is 47.4 Å². The molecule has 2 aromatic rings. The predicted octanol–water partition coefficient (Wildman–Crippen LogP) is 5.34. The van der Waals surface area contributed by atoms with E-state index in [-0.39, 0.29) is 24.1 Å². The fraction of sp³-hybridized carbons (Fsp3) is 0.375. The quantitative estimate of drug-likeness (QED) is 0.227. The summed E-state index contributed by atoms with van der Waals surface area (Å²) in [5, 5.41) is 2.82. The molecule has 5 nitrogen and oxygen atoms in total. The van der Waals surface area contributed by atoms with E-state index in [4.69, 9.17) is 4.74 Å². The Morgan fingerprint density at radius 1 is 0.967 bits per heavy atom. The predicted molar refractivity (Wildman–Crippen MR) is 121 cm³/mol. The Bertz CT molecular complexity index is 877. The van der Waals surface area contributed by atoms with Gasteiger partial charge in [0.1, 0.15) is 0 Å². The molecule has 1 amide bonds. The van der Waals surface area contributed by atoms with Gasteiger partial charge in [0, 0.05) is 22.6 Å². The number of nitrogens with one attached hydrogen (secondary N) is 1. The van der Waals surface area contributed by atoms with Gasteiger partial charge in [0.05, 0.1) is 5.75 Å². The molecule has 0 radical (unpaired) electrons. The maximum atomic E-state index is 12.2. The van der Waals surface area contributed by atoms with Gasteiger partial charge in [0.25, 0.3) is 0 Å². The first-order valence-corrected chi connectivity index (χ1v) is 11.2. The summed E-state index contributed by atoms with van der Waals surface area (Å²) >= 11 is 1.39. The Kier molecular flexibility index (Phi) is 9.61. The van der Waals surface area contributed by atoms with E-state index >= 15 is 0 Å². The first-order chi connectivity index (χ1) is 14.4. The number of unbranched alkanes of at least 4 members (excludes halogenated alkanes) is 2. The molecule has 0 saturated carbocycles. The zero-order chi connectivity index (χ0) is 21.9. The zero-order valence-electron chi connectivity index (χ0n) is 17.8. The summed E-state index contributed by atoms with van der Waals surface area (Å²) in [7, 11) is 0. The summed E-state index contributed by atoms with van der Waals surface area (Å²) in [6.45, 7) is 5.86. The lowest BCUT2D eigenvalue weighted by atomic mass is 10.1. The highest BCUT2D eigenvalue weighted by Crippen LogP contribution is 2.21. The number of Topliss-reactive ketones (excluding diaryl/α,β-unsaturated/α-hetero) is 1. The molecule has 6 heteroatoms. The molecule has 30 heavy (non-hydrogen) atoms. The maximum Gasteiger partial charge on any atom is 0.316 e. The second kappa shape index (κ2) is 12.2. The Morgan fingerprint density at radius 2 is 1.70 bits per heavy atom. The van der Waals surface area contributed by atoms with Crippen LogP contribution in [0.4, 0.5) is 5.69 Å². The number of amides is 1. The summed E-state index contributed by atoms with van der Waals surface area (Å²) in [5.41, 5.74) is 3.46. The van der Waals surface area contributed by atoms with Gasteiger partial charge >= 0.3 is 5.97 Å². The van der Waals surface area contributed by atoms with Crippen LogP contribution < -0.4 is 5.32 Å². The van der Waals surface area contributed by atoms with Crippen molar-refractivity contribution in [1.29, 1.82) is 0 Å². The minimum Gasteiger partial charge on any atom is -0.457 e. The van der Waals surface area contributed by atoms with Crippen LogP contribution in [0.25, 0.3) is 0 Å². The number of hydrogen-bond acceptors (Lipinski definition) is 5. The molecule has 0 spiro atoms. The van der Waals surface area contributed by atoms with E-state index < -0.39 is 5.97 Å². The van der Waals surface area contributed by atoms with Crippen molar-refractivity contribution >= 4 is 35.1 Å². The van der Waals surface area contributed by atoms with E-state index in [1.807, 2.05) is 32.0 Å². The number of ether oxygens (including phenoxy) is 1. The standard InChI is InChI=1S/C24H29NO4S/c1-4-5-6-7-23(27)25-20-11-9-19(10-12-20)22(26)15-29-24(28)16-30-21-13-8-17(2)18(3)14-21/h8-14H,4-7,15-16H2,1-3H3,(H,25,27). The van der Waals surface area contributed by atoms with E-state index in [1.54, 1.807) is 24.3 Å². The van der Waals surface area contributed by atoms with Gasteiger partial charge in [-0.2, -0.15) is 0 Å². The lowest BCUT2D eigenvalue weighted by Crippen LogP contribution is -2.16. The van der Waals surface area contributed by atoms with Gasteiger partial charge in [0.15, 0.2) is 12.4 Å². The van der Waals surface area contributed by atoms with Crippen molar-refractivity contribution in [1.82, 2.24) is 0 Å². The Hall–Kier alpha value is -2.60. The maximum absolute atomic E-state index is 12.2. The van der Waals surface area contributed by atoms with E-state index in [1.165, 1.54) is 22.9 Å². The molecule has 0 aliphatic carbocycles. The smallest absolute Gasteiger partial charge is 0.316 e. The number of esters is 1. The molecule has 0 atom stereocenters. The highest BCUT2D eigenvalue weighted by Gasteiger charge is 2.11. The monoisotopic (exact) mass is 427 g/mol. The van der Waals surface area contributed by atoms with Crippen LogP contribution in [0.5, 0.6) is 0 Å².